The Morgan fingerprint density at radius 2 is 1.00 bits per heavy atom. The van der Waals surface area contributed by atoms with Crippen LogP contribution in [0.2, 0.25) is 0 Å². The predicted molar refractivity (Wildman–Crippen MR) is 161 cm³/mol. The van der Waals surface area contributed by atoms with Crippen LogP contribution in [0.5, 0.6) is 0 Å². The van der Waals surface area contributed by atoms with Crippen molar-refractivity contribution < 1.29 is 0 Å². The van der Waals surface area contributed by atoms with E-state index in [1.165, 1.54) is 76.0 Å². The van der Waals surface area contributed by atoms with Gasteiger partial charge in [0.15, 0.2) is 0 Å². The second-order valence-corrected chi connectivity index (χ2v) is 15.5. The van der Waals surface area contributed by atoms with Gasteiger partial charge in [-0.05, 0) is 108 Å². The maximum absolute atomic E-state index is 2.55. The number of hydrogen-bond donors (Lipinski definition) is 0. The molecule has 0 spiro atoms. The Kier molecular flexibility index (Phi) is 3.93. The summed E-state index contributed by atoms with van der Waals surface area (Å²) in [5.74, 6) is 0. The Balaban J connectivity index is 1.26. The summed E-state index contributed by atoms with van der Waals surface area (Å²) in [6.07, 6.45) is 4.72. The van der Waals surface area contributed by atoms with Crippen LogP contribution < -0.4 is 0 Å². The molecule has 0 aliphatic heterocycles. The van der Waals surface area contributed by atoms with E-state index >= 15 is 0 Å². The molecule has 0 radical (unpaired) electrons. The molecular weight excluding hydrogens is 521 g/mol. The summed E-state index contributed by atoms with van der Waals surface area (Å²) in [7, 11) is 0. The summed E-state index contributed by atoms with van der Waals surface area (Å²) in [5, 5.41) is 4.51. The number of rotatable bonds is 0. The van der Waals surface area contributed by atoms with E-state index < -0.39 is 0 Å². The van der Waals surface area contributed by atoms with Crippen LogP contribution >= 0.6 is 56.7 Å². The molecule has 5 heteroatoms. The highest BCUT2D eigenvalue weighted by molar-refractivity contribution is 7.33. The van der Waals surface area contributed by atoms with Crippen molar-refractivity contribution in [3.05, 3.63) is 69.1 Å². The average molecular weight is 541 g/mol. The normalized spacial score (nSPS) is 14.7. The van der Waals surface area contributed by atoms with Crippen molar-refractivity contribution in [3.63, 3.8) is 0 Å². The standard InChI is InChI=1S/C30H20S5/c1-13-3-4-15-16-5-6-17-20-11-24-21(12-23(20)33-28(17)27(16)32-22(15)9-13)18-7-8-19-26-25(10-14(2)31-26)35-30(19)29(18)34-24/h3-4,9-12H,5-8H2,1-2H3. The van der Waals surface area contributed by atoms with Crippen molar-refractivity contribution in [3.8, 4) is 19.5 Å². The molecule has 2 aliphatic carbocycles. The molecule has 0 amide bonds. The first kappa shape index (κ1) is 20.1. The molecule has 0 saturated heterocycles. The largest absolute Gasteiger partial charge is 0.139 e. The van der Waals surface area contributed by atoms with Gasteiger partial charge in [0, 0.05) is 47.9 Å². The van der Waals surface area contributed by atoms with Gasteiger partial charge < -0.3 is 0 Å². The van der Waals surface area contributed by atoms with Crippen molar-refractivity contribution >= 4 is 96.3 Å². The molecule has 5 aromatic heterocycles. The lowest BCUT2D eigenvalue weighted by Gasteiger charge is -2.12. The van der Waals surface area contributed by atoms with Gasteiger partial charge in [0.25, 0.3) is 0 Å². The van der Waals surface area contributed by atoms with Crippen LogP contribution in [0.4, 0.5) is 0 Å². The number of thiophene rings is 5. The molecule has 5 heterocycles. The Hall–Kier alpha value is -2.02. The van der Waals surface area contributed by atoms with Gasteiger partial charge >= 0.3 is 0 Å². The molecule has 7 aromatic rings. The maximum atomic E-state index is 2.55. The first-order valence-electron chi connectivity index (χ1n) is 12.2. The molecule has 0 nitrogen and oxygen atoms in total. The topological polar surface area (TPSA) is 0 Å². The smallest absolute Gasteiger partial charge is 0.0498 e. The summed E-state index contributed by atoms with van der Waals surface area (Å²) < 4.78 is 7.47. The summed E-state index contributed by atoms with van der Waals surface area (Å²) >= 11 is 10.1. The van der Waals surface area contributed by atoms with Gasteiger partial charge in [0.1, 0.15) is 0 Å². The van der Waals surface area contributed by atoms with E-state index in [-0.39, 0.29) is 0 Å². The van der Waals surface area contributed by atoms with Crippen molar-refractivity contribution in [2.75, 3.05) is 0 Å². The second kappa shape index (κ2) is 6.84. The van der Waals surface area contributed by atoms with E-state index in [0.717, 1.165) is 0 Å². The second-order valence-electron chi connectivity index (χ2n) is 10.0. The Bertz CT molecular complexity index is 2030. The van der Waals surface area contributed by atoms with E-state index in [0.29, 0.717) is 0 Å². The minimum Gasteiger partial charge on any atom is -0.139 e. The molecule has 9 rings (SSSR count). The third kappa shape index (κ3) is 2.61. The van der Waals surface area contributed by atoms with Gasteiger partial charge in [-0.25, -0.2) is 0 Å². The minimum absolute atomic E-state index is 1.17. The molecule has 2 aromatic carbocycles. The molecule has 0 saturated carbocycles. The Labute approximate surface area is 223 Å². The fourth-order valence-corrected chi connectivity index (χ4v) is 13.2. The van der Waals surface area contributed by atoms with Crippen LogP contribution in [-0.2, 0) is 25.7 Å². The number of aryl methyl sites for hydroxylation is 6. The zero-order valence-electron chi connectivity index (χ0n) is 19.3. The van der Waals surface area contributed by atoms with Gasteiger partial charge in [0.05, 0.1) is 0 Å². The lowest BCUT2D eigenvalue weighted by atomic mass is 9.92. The quantitative estimate of drug-likeness (QED) is 0.179. The lowest BCUT2D eigenvalue weighted by molar-refractivity contribution is 0.973. The summed E-state index contributed by atoms with van der Waals surface area (Å²) in [6.45, 7) is 4.45. The molecule has 0 bridgehead atoms. The first-order chi connectivity index (χ1) is 17.1. The molecule has 35 heavy (non-hydrogen) atoms. The van der Waals surface area contributed by atoms with E-state index in [9.17, 15) is 0 Å². The van der Waals surface area contributed by atoms with Gasteiger partial charge in [-0.1, -0.05) is 12.1 Å². The molecule has 0 fully saturated rings. The van der Waals surface area contributed by atoms with Crippen molar-refractivity contribution in [2.24, 2.45) is 0 Å². The van der Waals surface area contributed by atoms with E-state index in [2.05, 4.69) is 50.2 Å². The third-order valence-corrected chi connectivity index (χ3v) is 14.2. The highest BCUT2D eigenvalue weighted by atomic mass is 32.1. The van der Waals surface area contributed by atoms with Gasteiger partial charge in [-0.15, -0.1) is 56.7 Å². The highest BCUT2D eigenvalue weighted by Crippen LogP contribution is 2.54. The van der Waals surface area contributed by atoms with Crippen molar-refractivity contribution in [2.45, 2.75) is 39.5 Å². The molecule has 0 N–H and O–H groups in total. The molecule has 2 aliphatic rings. The first-order valence-corrected chi connectivity index (χ1v) is 16.3. The fourth-order valence-electron chi connectivity index (χ4n) is 6.30. The minimum atomic E-state index is 1.17. The van der Waals surface area contributed by atoms with E-state index in [1.807, 2.05) is 56.7 Å². The van der Waals surface area contributed by atoms with Crippen LogP contribution in [0.15, 0.2) is 36.4 Å². The number of hydrogen-bond acceptors (Lipinski definition) is 5. The van der Waals surface area contributed by atoms with Crippen LogP contribution in [0.25, 0.3) is 59.2 Å². The zero-order chi connectivity index (χ0) is 23.0. The Morgan fingerprint density at radius 1 is 0.486 bits per heavy atom. The van der Waals surface area contributed by atoms with Crippen LogP contribution in [0.3, 0.4) is 0 Å². The van der Waals surface area contributed by atoms with Crippen LogP contribution in [0, 0.1) is 13.8 Å². The molecule has 170 valence electrons. The predicted octanol–water partition coefficient (Wildman–Crippen LogP) is 10.8. The molecule has 0 unspecified atom stereocenters. The maximum Gasteiger partial charge on any atom is 0.0498 e. The van der Waals surface area contributed by atoms with Gasteiger partial charge in [0.2, 0.25) is 0 Å². The number of fused-ring (bicyclic) bond motifs is 14. The van der Waals surface area contributed by atoms with Crippen LogP contribution in [-0.4, -0.2) is 0 Å². The van der Waals surface area contributed by atoms with Gasteiger partial charge in [-0.3, -0.25) is 0 Å². The average Bonchev–Trinajstić information content (AvgIpc) is 3.62. The summed E-state index contributed by atoms with van der Waals surface area (Å²) in [5.41, 5.74) is 7.77. The summed E-state index contributed by atoms with van der Waals surface area (Å²) in [6, 6.07) is 14.5. The van der Waals surface area contributed by atoms with Crippen LogP contribution in [0.1, 0.15) is 32.7 Å². The molecule has 0 atom stereocenters. The highest BCUT2D eigenvalue weighted by Gasteiger charge is 2.28. The van der Waals surface area contributed by atoms with Crippen molar-refractivity contribution in [1.29, 1.82) is 0 Å². The number of benzene rings is 2. The lowest BCUT2D eigenvalue weighted by Crippen LogP contribution is -1.98. The third-order valence-electron chi connectivity index (χ3n) is 7.90. The van der Waals surface area contributed by atoms with Crippen molar-refractivity contribution in [1.82, 2.24) is 0 Å². The van der Waals surface area contributed by atoms with E-state index in [1.54, 1.807) is 41.6 Å². The Morgan fingerprint density at radius 3 is 1.66 bits per heavy atom. The summed E-state index contributed by atoms with van der Waals surface area (Å²) in [4.78, 5) is 7.64. The monoisotopic (exact) mass is 540 g/mol. The SMILES string of the molecule is Cc1ccc2c3c(sc2c1)-c1sc2cc4c5c(sc4cc2c1CC3)-c1sc2cc(C)sc2c1CC5. The zero-order valence-corrected chi connectivity index (χ0v) is 23.4. The molecular formula is C30H20S5. The van der Waals surface area contributed by atoms with E-state index in [4.69, 9.17) is 0 Å². The van der Waals surface area contributed by atoms with Gasteiger partial charge in [-0.2, -0.15) is 0 Å². The fraction of sp³-hybridized carbons (Fsp3) is 0.200.